The van der Waals surface area contributed by atoms with E-state index < -0.39 is 18.2 Å². The zero-order valence-corrected chi connectivity index (χ0v) is 24.6. The van der Waals surface area contributed by atoms with Crippen molar-refractivity contribution < 1.29 is 29.0 Å². The van der Waals surface area contributed by atoms with E-state index in [4.69, 9.17) is 4.74 Å². The van der Waals surface area contributed by atoms with Gasteiger partial charge in [0.25, 0.3) is 5.91 Å². The van der Waals surface area contributed by atoms with Gasteiger partial charge in [-0.2, -0.15) is 0 Å². The summed E-state index contributed by atoms with van der Waals surface area (Å²) < 4.78 is 5.24. The highest BCUT2D eigenvalue weighted by molar-refractivity contribution is 7.15. The van der Waals surface area contributed by atoms with Gasteiger partial charge in [-0.15, -0.1) is 11.3 Å². The van der Waals surface area contributed by atoms with E-state index >= 15 is 0 Å². The third kappa shape index (κ3) is 7.55. The Morgan fingerprint density at radius 2 is 1.80 bits per heavy atom. The lowest BCUT2D eigenvalue weighted by molar-refractivity contribution is -0.126. The van der Waals surface area contributed by atoms with Crippen molar-refractivity contribution in [2.75, 3.05) is 24.5 Å². The summed E-state index contributed by atoms with van der Waals surface area (Å²) in [6, 6.07) is 1.53. The molecule has 218 valence electrons. The first-order chi connectivity index (χ1) is 18.9. The number of aromatic carboxylic acids is 1. The quantitative estimate of drug-likeness (QED) is 0.440. The molecule has 3 aliphatic rings. The lowest BCUT2D eigenvalue weighted by Gasteiger charge is -2.40. The van der Waals surface area contributed by atoms with Gasteiger partial charge >= 0.3 is 12.1 Å². The molecule has 1 saturated carbocycles. The number of nitrogens with one attached hydrogen (secondary N) is 2. The van der Waals surface area contributed by atoms with Crippen LogP contribution < -0.4 is 15.6 Å². The fourth-order valence-electron chi connectivity index (χ4n) is 5.43. The summed E-state index contributed by atoms with van der Waals surface area (Å²) in [7, 11) is 0. The summed E-state index contributed by atoms with van der Waals surface area (Å²) in [4.78, 5) is 52.9. The van der Waals surface area contributed by atoms with E-state index in [-0.39, 0.29) is 34.1 Å². The zero-order chi connectivity index (χ0) is 29.0. The Kier molecular flexibility index (Phi) is 9.41. The van der Waals surface area contributed by atoms with Crippen LogP contribution in [0.5, 0.6) is 0 Å². The van der Waals surface area contributed by atoms with Crippen LogP contribution in [0.2, 0.25) is 0 Å². The first-order valence-corrected chi connectivity index (χ1v) is 15.0. The zero-order valence-electron chi connectivity index (χ0n) is 23.7. The molecule has 10 nitrogen and oxygen atoms in total. The number of thiophene rings is 1. The molecule has 1 aromatic rings. The van der Waals surface area contributed by atoms with Gasteiger partial charge in [0.2, 0.25) is 5.91 Å². The molecule has 3 heterocycles. The van der Waals surface area contributed by atoms with Crippen LogP contribution in [0.1, 0.15) is 87.2 Å². The van der Waals surface area contributed by atoms with Crippen molar-refractivity contribution in [2.45, 2.75) is 84.8 Å². The van der Waals surface area contributed by atoms with Crippen LogP contribution in [0.15, 0.2) is 6.07 Å². The van der Waals surface area contributed by atoms with E-state index in [1.54, 1.807) is 16.0 Å². The lowest BCUT2D eigenvalue weighted by Crippen LogP contribution is -2.54. The van der Waals surface area contributed by atoms with Gasteiger partial charge in [-0.1, -0.05) is 18.8 Å². The Hall–Kier alpha value is -3.10. The monoisotopic (exact) mass is 572 g/mol. The van der Waals surface area contributed by atoms with Gasteiger partial charge in [0.1, 0.15) is 4.88 Å². The maximum Gasteiger partial charge on any atom is 0.422 e. The molecule has 3 N–H and O–H groups in total. The number of piperidine rings is 1. The predicted octanol–water partition coefficient (Wildman–Crippen LogP) is 4.00. The van der Waals surface area contributed by atoms with E-state index in [1.165, 1.54) is 0 Å². The molecule has 0 bridgehead atoms. The normalized spacial score (nSPS) is 24.0. The SMILES string of the molecule is CC1CCC(C(=O)N(c2cc(C#CC(C)(C)C)sc2C(=O)O)C2CCN(NC(=O)O[C@@H]3CCNC3=O)CC2)CC1. The van der Waals surface area contributed by atoms with Gasteiger partial charge < -0.3 is 20.1 Å². The number of anilines is 1. The Morgan fingerprint density at radius 1 is 1.12 bits per heavy atom. The number of ether oxygens (including phenoxy) is 1. The summed E-state index contributed by atoms with van der Waals surface area (Å²) in [5, 5.41) is 14.4. The lowest BCUT2D eigenvalue weighted by atomic mass is 9.82. The third-order valence-electron chi connectivity index (χ3n) is 7.66. The van der Waals surface area contributed by atoms with Crippen LogP contribution in [0, 0.1) is 29.1 Å². The van der Waals surface area contributed by atoms with E-state index in [9.17, 15) is 24.3 Å². The second kappa shape index (κ2) is 12.6. The summed E-state index contributed by atoms with van der Waals surface area (Å²) >= 11 is 1.11. The fourth-order valence-corrected chi connectivity index (χ4v) is 6.27. The standard InChI is InChI=1S/C29H40N4O6S/c1-18-5-7-19(8-6-18)26(35)33(22-17-21(9-13-29(2,3)4)40-24(22)27(36)37)20-11-15-32(16-12-20)31-28(38)39-23-10-14-30-25(23)34/h17-20,23H,5-8,10-12,14-16H2,1-4H3,(H,30,34)(H,31,38)(H,36,37)/t18?,19?,23-/m1/s1. The molecule has 0 unspecified atom stereocenters. The van der Waals surface area contributed by atoms with Crippen LogP contribution in [0.4, 0.5) is 10.5 Å². The Morgan fingerprint density at radius 3 is 2.38 bits per heavy atom. The summed E-state index contributed by atoms with van der Waals surface area (Å²) in [5.74, 6) is 5.32. The van der Waals surface area contributed by atoms with Gasteiger partial charge in [-0.05, 0) is 71.3 Å². The first-order valence-electron chi connectivity index (χ1n) is 14.1. The molecule has 11 heteroatoms. The largest absolute Gasteiger partial charge is 0.477 e. The molecule has 3 amide bonds. The van der Waals surface area contributed by atoms with Gasteiger partial charge in [-0.25, -0.2) is 14.6 Å². The summed E-state index contributed by atoms with van der Waals surface area (Å²) in [6.07, 6.45) is 3.59. The smallest absolute Gasteiger partial charge is 0.422 e. The number of amides is 3. The molecule has 1 aliphatic carbocycles. The van der Waals surface area contributed by atoms with Crippen molar-refractivity contribution in [3.05, 3.63) is 15.8 Å². The van der Waals surface area contributed by atoms with Gasteiger partial charge in [0, 0.05) is 43.4 Å². The maximum atomic E-state index is 14.0. The number of hydrogen-bond acceptors (Lipinski definition) is 7. The maximum absolute atomic E-state index is 14.0. The molecule has 40 heavy (non-hydrogen) atoms. The Labute approximate surface area is 239 Å². The second-order valence-corrected chi connectivity index (χ2v) is 13.2. The minimum Gasteiger partial charge on any atom is -0.477 e. The summed E-state index contributed by atoms with van der Waals surface area (Å²) in [5.41, 5.74) is 2.87. The number of hydrogen-bond donors (Lipinski definition) is 3. The predicted molar refractivity (Wildman–Crippen MR) is 152 cm³/mol. The minimum atomic E-state index is -1.07. The van der Waals surface area contributed by atoms with E-state index in [2.05, 4.69) is 29.5 Å². The van der Waals surface area contributed by atoms with Gasteiger partial charge in [-0.3, -0.25) is 15.0 Å². The topological polar surface area (TPSA) is 128 Å². The number of carbonyl (C=O) groups is 4. The van der Waals surface area contributed by atoms with Crippen molar-refractivity contribution >= 4 is 40.9 Å². The second-order valence-electron chi connectivity index (χ2n) is 12.1. The van der Waals surface area contributed by atoms with Crippen molar-refractivity contribution in [3.63, 3.8) is 0 Å². The highest BCUT2D eigenvalue weighted by atomic mass is 32.1. The average Bonchev–Trinajstić information content (AvgIpc) is 3.50. The van der Waals surface area contributed by atoms with Crippen molar-refractivity contribution in [3.8, 4) is 11.8 Å². The molecule has 4 rings (SSSR count). The van der Waals surface area contributed by atoms with Crippen LogP contribution in [-0.4, -0.2) is 65.8 Å². The number of hydrazine groups is 1. The molecule has 2 aliphatic heterocycles. The third-order valence-corrected chi connectivity index (χ3v) is 8.68. The molecule has 0 spiro atoms. The molecular weight excluding hydrogens is 532 g/mol. The molecular formula is C29H40N4O6S. The number of carboxylic acids is 1. The van der Waals surface area contributed by atoms with Crippen molar-refractivity contribution in [1.29, 1.82) is 0 Å². The van der Waals surface area contributed by atoms with Gasteiger partial charge in [0.05, 0.1) is 10.6 Å². The van der Waals surface area contributed by atoms with Crippen LogP contribution in [0.25, 0.3) is 0 Å². The van der Waals surface area contributed by atoms with E-state index in [1.807, 2.05) is 20.8 Å². The molecule has 2 saturated heterocycles. The molecule has 1 atom stereocenters. The minimum absolute atomic E-state index is 0.0272. The van der Waals surface area contributed by atoms with Crippen molar-refractivity contribution in [1.82, 2.24) is 15.8 Å². The van der Waals surface area contributed by atoms with Crippen LogP contribution in [0.3, 0.4) is 0 Å². The van der Waals surface area contributed by atoms with E-state index in [0.717, 1.165) is 37.0 Å². The molecule has 0 aromatic carbocycles. The van der Waals surface area contributed by atoms with Crippen LogP contribution in [-0.2, 0) is 14.3 Å². The first kappa shape index (κ1) is 29.9. The molecule has 1 aromatic heterocycles. The van der Waals surface area contributed by atoms with Crippen LogP contribution >= 0.6 is 11.3 Å². The molecule has 0 radical (unpaired) electrons. The Bertz CT molecular complexity index is 1180. The highest BCUT2D eigenvalue weighted by Gasteiger charge is 2.38. The number of carbonyl (C=O) groups excluding carboxylic acids is 3. The summed E-state index contributed by atoms with van der Waals surface area (Å²) in [6.45, 7) is 9.56. The molecule has 3 fully saturated rings. The Balaban J connectivity index is 1.53. The average molecular weight is 573 g/mol. The number of nitrogens with zero attached hydrogens (tertiary/aromatic N) is 2. The van der Waals surface area contributed by atoms with E-state index in [0.29, 0.717) is 55.4 Å². The fraction of sp³-hybridized carbons (Fsp3) is 0.655. The number of rotatable bonds is 6. The number of carboxylic acid groups (broad SMARTS) is 1. The van der Waals surface area contributed by atoms with Gasteiger partial charge in [0.15, 0.2) is 6.10 Å². The van der Waals surface area contributed by atoms with Crippen molar-refractivity contribution in [2.24, 2.45) is 17.3 Å². The highest BCUT2D eigenvalue weighted by Crippen LogP contribution is 2.37.